The van der Waals surface area contributed by atoms with Gasteiger partial charge in [0, 0.05) is 28.9 Å². The number of carbonyl (C=O) groups is 2. The second-order valence-electron chi connectivity index (χ2n) is 8.32. The fourth-order valence-corrected chi connectivity index (χ4v) is 4.81. The number of likely N-dealkylation sites (tertiary alicyclic amines) is 1. The number of nitrogens with zero attached hydrogens (tertiary/aromatic N) is 1. The van der Waals surface area contributed by atoms with Crippen LogP contribution in [0, 0.1) is 5.82 Å². The lowest BCUT2D eigenvalue weighted by Crippen LogP contribution is -2.38. The number of anilines is 1. The number of hydrogen-bond acceptors (Lipinski definition) is 5. The zero-order valence-electron chi connectivity index (χ0n) is 17.9. The van der Waals surface area contributed by atoms with Gasteiger partial charge < -0.3 is 14.8 Å². The normalized spacial score (nSPS) is 21.8. The molecule has 6 nitrogen and oxygen atoms in total. The minimum Gasteiger partial charge on any atom is -0.487 e. The van der Waals surface area contributed by atoms with Gasteiger partial charge in [-0.3, -0.25) is 14.5 Å². The van der Waals surface area contributed by atoms with Crippen LogP contribution in [0.5, 0.6) is 0 Å². The Balaban J connectivity index is 1.35. The van der Waals surface area contributed by atoms with E-state index in [1.807, 2.05) is 19.1 Å². The van der Waals surface area contributed by atoms with Gasteiger partial charge in [-0.2, -0.15) is 0 Å². The molecule has 32 heavy (non-hydrogen) atoms. The predicted octanol–water partition coefficient (Wildman–Crippen LogP) is 3.75. The monoisotopic (exact) mass is 436 g/mol. The van der Waals surface area contributed by atoms with Crippen molar-refractivity contribution in [3.63, 3.8) is 0 Å². The molecule has 0 spiro atoms. The molecule has 0 aliphatic carbocycles. The molecule has 2 aromatic rings. The lowest BCUT2D eigenvalue weighted by molar-refractivity contribution is -0.148. The Morgan fingerprint density at radius 3 is 2.97 bits per heavy atom. The molecule has 0 radical (unpaired) electrons. The molecule has 0 saturated carbocycles. The highest BCUT2D eigenvalue weighted by atomic mass is 19.1. The van der Waals surface area contributed by atoms with Crippen LogP contribution in [0.4, 0.5) is 10.1 Å². The van der Waals surface area contributed by atoms with Crippen molar-refractivity contribution in [3.8, 4) is 0 Å². The lowest BCUT2D eigenvalue weighted by Gasteiger charge is -2.22. The van der Waals surface area contributed by atoms with E-state index in [1.165, 1.54) is 12.1 Å². The molecule has 2 aromatic carbocycles. The van der Waals surface area contributed by atoms with Gasteiger partial charge in [0.05, 0.1) is 12.2 Å². The van der Waals surface area contributed by atoms with E-state index in [0.29, 0.717) is 35.8 Å². The summed E-state index contributed by atoms with van der Waals surface area (Å²) in [5.41, 5.74) is 4.51. The molecule has 7 heteroatoms. The van der Waals surface area contributed by atoms with Gasteiger partial charge in [-0.1, -0.05) is 18.2 Å². The molecule has 1 saturated heterocycles. The molecule has 0 unspecified atom stereocenters. The maximum Gasteiger partial charge on any atom is 0.323 e. The number of amides is 1. The highest BCUT2D eigenvalue weighted by molar-refractivity contribution is 6.36. The average molecular weight is 436 g/mol. The number of nitrogens with one attached hydrogen (secondary N) is 1. The van der Waals surface area contributed by atoms with Gasteiger partial charge in [-0.15, -0.1) is 0 Å². The zero-order chi connectivity index (χ0) is 22.2. The SMILES string of the molecule is CCOC(=O)[C@@H]1CCCN1CCc1ccc2c(c1)CO/C2=C1/C(=O)Nc2ccc(F)cc21. The largest absolute Gasteiger partial charge is 0.487 e. The third-order valence-electron chi connectivity index (χ3n) is 6.35. The summed E-state index contributed by atoms with van der Waals surface area (Å²) in [5, 5.41) is 2.78. The summed E-state index contributed by atoms with van der Waals surface area (Å²) >= 11 is 0. The van der Waals surface area contributed by atoms with Gasteiger partial charge in [0.2, 0.25) is 0 Å². The first-order chi connectivity index (χ1) is 15.5. The zero-order valence-corrected chi connectivity index (χ0v) is 17.9. The maximum atomic E-state index is 13.8. The highest BCUT2D eigenvalue weighted by Crippen LogP contribution is 2.42. The van der Waals surface area contributed by atoms with Crippen LogP contribution in [-0.2, 0) is 32.1 Å². The number of ether oxygens (including phenoxy) is 2. The first kappa shape index (κ1) is 20.7. The Kier molecular flexibility index (Phi) is 5.43. The molecule has 3 aliphatic rings. The first-order valence-electron chi connectivity index (χ1n) is 11.1. The number of esters is 1. The van der Waals surface area contributed by atoms with Crippen LogP contribution in [0.15, 0.2) is 36.4 Å². The third kappa shape index (κ3) is 3.66. The summed E-state index contributed by atoms with van der Waals surface area (Å²) in [6.45, 7) is 4.29. The van der Waals surface area contributed by atoms with E-state index < -0.39 is 5.82 Å². The van der Waals surface area contributed by atoms with Gasteiger partial charge in [0.15, 0.2) is 0 Å². The Labute approximate surface area is 186 Å². The van der Waals surface area contributed by atoms with Gasteiger partial charge in [0.25, 0.3) is 5.91 Å². The van der Waals surface area contributed by atoms with Crippen LogP contribution >= 0.6 is 0 Å². The van der Waals surface area contributed by atoms with Crippen molar-refractivity contribution in [3.05, 3.63) is 64.5 Å². The predicted molar refractivity (Wildman–Crippen MR) is 118 cm³/mol. The first-order valence-corrected chi connectivity index (χ1v) is 11.1. The highest BCUT2D eigenvalue weighted by Gasteiger charge is 2.33. The molecule has 1 amide bonds. The summed E-state index contributed by atoms with van der Waals surface area (Å²) in [4.78, 5) is 26.9. The molecular weight excluding hydrogens is 411 g/mol. The lowest BCUT2D eigenvalue weighted by atomic mass is 9.98. The Morgan fingerprint density at radius 1 is 1.25 bits per heavy atom. The molecule has 5 rings (SSSR count). The summed E-state index contributed by atoms with van der Waals surface area (Å²) in [6.07, 6.45) is 2.66. The van der Waals surface area contributed by atoms with Crippen molar-refractivity contribution in [2.24, 2.45) is 0 Å². The van der Waals surface area contributed by atoms with E-state index in [1.54, 1.807) is 6.07 Å². The van der Waals surface area contributed by atoms with E-state index in [2.05, 4.69) is 16.3 Å². The maximum absolute atomic E-state index is 13.8. The number of rotatable bonds is 5. The van der Waals surface area contributed by atoms with Crippen LogP contribution in [0.1, 0.15) is 42.0 Å². The second-order valence-corrected chi connectivity index (χ2v) is 8.32. The number of carbonyl (C=O) groups excluding carboxylic acids is 2. The minimum absolute atomic E-state index is 0.129. The van der Waals surface area contributed by atoms with Crippen LogP contribution in [0.25, 0.3) is 11.3 Å². The van der Waals surface area contributed by atoms with Gasteiger partial charge in [0.1, 0.15) is 24.2 Å². The molecule has 0 bridgehead atoms. The Hall–Kier alpha value is -3.19. The smallest absolute Gasteiger partial charge is 0.323 e. The molecule has 1 atom stereocenters. The van der Waals surface area contributed by atoms with Crippen molar-refractivity contribution in [2.45, 2.75) is 38.8 Å². The standard InChI is InChI=1S/C25H25FN2O4/c1-2-31-25(30)21-4-3-10-28(21)11-9-15-5-7-18-16(12-15)14-32-23(18)22-19-13-17(26)6-8-20(19)27-24(22)29/h5-8,12-13,21H,2-4,9-11,14H2,1H3,(H,27,29)/b23-22+/t21-/m0/s1. The number of halogens is 1. The minimum atomic E-state index is -0.394. The van der Waals surface area contributed by atoms with Crippen LogP contribution in [-0.4, -0.2) is 42.5 Å². The summed E-state index contributed by atoms with van der Waals surface area (Å²) < 4.78 is 24.9. The van der Waals surface area contributed by atoms with Crippen molar-refractivity contribution >= 4 is 28.9 Å². The number of hydrogen-bond donors (Lipinski definition) is 1. The average Bonchev–Trinajstić information content (AvgIpc) is 3.48. The molecule has 1 fully saturated rings. The van der Waals surface area contributed by atoms with Gasteiger partial charge in [-0.05, 0) is 56.5 Å². The van der Waals surface area contributed by atoms with Crippen molar-refractivity contribution in [1.82, 2.24) is 4.90 Å². The number of benzene rings is 2. The van der Waals surface area contributed by atoms with Crippen molar-refractivity contribution in [2.75, 3.05) is 25.0 Å². The van der Waals surface area contributed by atoms with Gasteiger partial charge in [-0.25, -0.2) is 4.39 Å². The topological polar surface area (TPSA) is 67.9 Å². The van der Waals surface area contributed by atoms with E-state index in [4.69, 9.17) is 9.47 Å². The Morgan fingerprint density at radius 2 is 2.12 bits per heavy atom. The van der Waals surface area contributed by atoms with Crippen LogP contribution < -0.4 is 5.32 Å². The quantitative estimate of drug-likeness (QED) is 0.571. The summed E-state index contributed by atoms with van der Waals surface area (Å²) in [5.74, 6) is -0.308. The van der Waals surface area contributed by atoms with E-state index in [-0.39, 0.29) is 17.9 Å². The van der Waals surface area contributed by atoms with Crippen molar-refractivity contribution in [1.29, 1.82) is 0 Å². The van der Waals surface area contributed by atoms with Crippen LogP contribution in [0.2, 0.25) is 0 Å². The van der Waals surface area contributed by atoms with E-state index >= 15 is 0 Å². The number of fused-ring (bicyclic) bond motifs is 2. The van der Waals surface area contributed by atoms with Crippen LogP contribution in [0.3, 0.4) is 0 Å². The second kappa shape index (κ2) is 8.39. The van der Waals surface area contributed by atoms with Crippen molar-refractivity contribution < 1.29 is 23.5 Å². The molecule has 3 heterocycles. The summed E-state index contributed by atoms with van der Waals surface area (Å²) in [6, 6.07) is 10.2. The Bertz CT molecular complexity index is 1130. The van der Waals surface area contributed by atoms with Gasteiger partial charge >= 0.3 is 5.97 Å². The fourth-order valence-electron chi connectivity index (χ4n) is 4.81. The molecule has 3 aliphatic heterocycles. The molecule has 166 valence electrons. The summed E-state index contributed by atoms with van der Waals surface area (Å²) in [7, 11) is 0. The molecule has 0 aromatic heterocycles. The fraction of sp³-hybridized carbons (Fsp3) is 0.360. The molecular formula is C25H25FN2O4. The third-order valence-corrected chi connectivity index (χ3v) is 6.35. The van der Waals surface area contributed by atoms with E-state index in [9.17, 15) is 14.0 Å². The van der Waals surface area contributed by atoms with E-state index in [0.717, 1.165) is 49.0 Å². The molecule has 1 N–H and O–H groups in total.